The number of amides is 1. The number of hydrogen-bond donors (Lipinski definition) is 2. The Morgan fingerprint density at radius 3 is 2.71 bits per heavy atom. The number of anilines is 1. The molecule has 4 rings (SSSR count). The summed E-state index contributed by atoms with van der Waals surface area (Å²) in [5, 5.41) is 22.3. The molecule has 2 N–H and O–H groups in total. The Bertz CT molecular complexity index is 920. The number of rotatable bonds is 4. The maximum atomic E-state index is 12.6. The number of likely N-dealkylation sites (tertiary alicyclic amines) is 1. The van der Waals surface area contributed by atoms with Crippen LogP contribution in [-0.4, -0.2) is 48.8 Å². The summed E-state index contributed by atoms with van der Waals surface area (Å²) in [6.45, 7) is 0.756. The van der Waals surface area contributed by atoms with E-state index in [1.54, 1.807) is 0 Å². The van der Waals surface area contributed by atoms with Gasteiger partial charge in [-0.2, -0.15) is 5.26 Å². The van der Waals surface area contributed by atoms with Gasteiger partial charge in [-0.05, 0) is 47.4 Å². The third-order valence-electron chi connectivity index (χ3n) is 5.80. The molecule has 1 amide bonds. The topological polar surface area (TPSA) is 85.6 Å². The van der Waals surface area contributed by atoms with E-state index in [-0.39, 0.29) is 37.1 Å². The minimum absolute atomic E-state index is 0.0247. The first-order chi connectivity index (χ1) is 13.7. The predicted octanol–water partition coefficient (Wildman–Crippen LogP) is 2.55. The van der Waals surface area contributed by atoms with Crippen LogP contribution in [0.3, 0.4) is 0 Å². The number of benzene rings is 2. The molecule has 144 valence electrons. The van der Waals surface area contributed by atoms with Gasteiger partial charge in [-0.15, -0.1) is 0 Å². The van der Waals surface area contributed by atoms with Gasteiger partial charge in [-0.3, -0.25) is 4.79 Å². The fourth-order valence-electron chi connectivity index (χ4n) is 4.47. The Hall–Kier alpha value is -2.88. The van der Waals surface area contributed by atoms with Crippen LogP contribution in [0.1, 0.15) is 23.6 Å². The highest BCUT2D eigenvalue weighted by molar-refractivity contribution is 5.80. The molecule has 2 aromatic rings. The monoisotopic (exact) mass is 377 g/mol. The number of carbonyl (C=O) groups excluding carboxylic acids is 1. The molecule has 1 saturated heterocycles. The summed E-state index contributed by atoms with van der Waals surface area (Å²) in [5.74, 6) is 0.137. The summed E-state index contributed by atoms with van der Waals surface area (Å²) < 4.78 is 5.07. The molecule has 0 aliphatic carbocycles. The van der Waals surface area contributed by atoms with Crippen LogP contribution in [0.4, 0.5) is 5.69 Å². The largest absolute Gasteiger partial charge is 0.394 e. The number of carbonyl (C=O) groups is 1. The quantitative estimate of drug-likeness (QED) is 0.855. The molecular formula is C22H23N3O3. The van der Waals surface area contributed by atoms with Crippen molar-refractivity contribution in [2.75, 3.05) is 32.2 Å². The minimum Gasteiger partial charge on any atom is -0.394 e. The predicted molar refractivity (Wildman–Crippen MR) is 106 cm³/mol. The number of nitrogens with one attached hydrogen (secondary N) is 1. The lowest BCUT2D eigenvalue weighted by atomic mass is 9.82. The van der Waals surface area contributed by atoms with Gasteiger partial charge in [0.15, 0.2) is 0 Å². The van der Waals surface area contributed by atoms with E-state index in [1.807, 2.05) is 41.3 Å². The van der Waals surface area contributed by atoms with Crippen molar-refractivity contribution in [1.29, 1.82) is 5.26 Å². The summed E-state index contributed by atoms with van der Waals surface area (Å²) in [4.78, 5) is 14.5. The molecule has 28 heavy (non-hydrogen) atoms. The molecule has 2 heterocycles. The summed E-state index contributed by atoms with van der Waals surface area (Å²) >= 11 is 0. The zero-order valence-corrected chi connectivity index (χ0v) is 15.8. The zero-order valence-electron chi connectivity index (χ0n) is 15.8. The first kappa shape index (κ1) is 18.5. The third-order valence-corrected chi connectivity index (χ3v) is 5.80. The summed E-state index contributed by atoms with van der Waals surface area (Å²) in [6, 6.07) is 15.6. The highest BCUT2D eigenvalue weighted by Gasteiger charge is 2.45. The molecule has 3 atom stereocenters. The number of hydrogen-bond acceptors (Lipinski definition) is 5. The zero-order chi connectivity index (χ0) is 19.7. The third kappa shape index (κ3) is 3.13. The molecule has 0 saturated carbocycles. The van der Waals surface area contributed by atoms with Crippen LogP contribution in [0.2, 0.25) is 0 Å². The van der Waals surface area contributed by atoms with Gasteiger partial charge in [-0.1, -0.05) is 18.2 Å². The van der Waals surface area contributed by atoms with Gasteiger partial charge in [0.05, 0.1) is 30.3 Å². The number of fused-ring (bicyclic) bond motifs is 3. The number of ether oxygens (including phenoxy) is 1. The summed E-state index contributed by atoms with van der Waals surface area (Å²) in [6.07, 6.45) is 0.846. The van der Waals surface area contributed by atoms with Crippen molar-refractivity contribution in [3.63, 3.8) is 0 Å². The van der Waals surface area contributed by atoms with Crippen LogP contribution in [0.15, 0.2) is 42.5 Å². The fraction of sp³-hybridized carbons (Fsp3) is 0.364. The van der Waals surface area contributed by atoms with E-state index in [0.717, 1.165) is 28.8 Å². The van der Waals surface area contributed by atoms with Crippen molar-refractivity contribution < 1.29 is 14.6 Å². The lowest BCUT2D eigenvalue weighted by molar-refractivity contribution is -0.136. The van der Waals surface area contributed by atoms with Gasteiger partial charge in [0, 0.05) is 25.3 Å². The highest BCUT2D eigenvalue weighted by atomic mass is 16.5. The van der Waals surface area contributed by atoms with Gasteiger partial charge >= 0.3 is 0 Å². The van der Waals surface area contributed by atoms with Gasteiger partial charge in [0.25, 0.3) is 0 Å². The lowest BCUT2D eigenvalue weighted by Gasteiger charge is -2.39. The van der Waals surface area contributed by atoms with Crippen molar-refractivity contribution in [3.05, 3.63) is 53.6 Å². The number of nitrogens with zero attached hydrogens (tertiary/aromatic N) is 2. The molecule has 2 aliphatic rings. The molecule has 2 aliphatic heterocycles. The van der Waals surface area contributed by atoms with Gasteiger partial charge in [0.1, 0.15) is 6.61 Å². The van der Waals surface area contributed by atoms with Crippen molar-refractivity contribution in [2.24, 2.45) is 5.92 Å². The van der Waals surface area contributed by atoms with E-state index < -0.39 is 0 Å². The number of nitriles is 1. The fourth-order valence-corrected chi connectivity index (χ4v) is 4.47. The normalized spacial score (nSPS) is 22.8. The molecule has 6 heteroatoms. The second-order valence-corrected chi connectivity index (χ2v) is 7.34. The molecule has 6 nitrogen and oxygen atoms in total. The van der Waals surface area contributed by atoms with Crippen LogP contribution < -0.4 is 5.32 Å². The van der Waals surface area contributed by atoms with Gasteiger partial charge in [0.2, 0.25) is 5.91 Å². The van der Waals surface area contributed by atoms with Crippen LogP contribution >= 0.6 is 0 Å². The second-order valence-electron chi connectivity index (χ2n) is 7.34. The maximum Gasteiger partial charge on any atom is 0.249 e. The number of methoxy groups -OCH3 is 1. The Labute approximate surface area is 164 Å². The minimum atomic E-state index is -0.0746. The molecule has 0 bridgehead atoms. The van der Waals surface area contributed by atoms with E-state index in [2.05, 4.69) is 17.5 Å². The molecule has 1 fully saturated rings. The molecule has 0 spiro atoms. The van der Waals surface area contributed by atoms with Crippen molar-refractivity contribution in [3.8, 4) is 17.2 Å². The van der Waals surface area contributed by atoms with E-state index in [1.165, 1.54) is 7.11 Å². The SMILES string of the molecule is COCC(=O)N1CC[C@@H]2[C@@H](CO)Nc3ccc(-c4ccc(C#N)cc4)cc3[C@@H]21. The molecular weight excluding hydrogens is 354 g/mol. The van der Waals surface area contributed by atoms with Crippen LogP contribution in [-0.2, 0) is 9.53 Å². The maximum absolute atomic E-state index is 12.6. The Balaban J connectivity index is 1.75. The average molecular weight is 377 g/mol. The standard InChI is InChI=1S/C22H23N3O3/c1-28-13-21(27)25-9-8-17-20(12-26)24-19-7-6-16(10-18(19)22(17)25)15-4-2-14(11-23)3-5-15/h2-7,10,17,20,22,24,26H,8-9,12-13H2,1H3/t17-,20-,22-/m1/s1. The number of aliphatic hydroxyl groups excluding tert-OH is 1. The smallest absolute Gasteiger partial charge is 0.249 e. The van der Waals surface area contributed by atoms with Crippen molar-refractivity contribution >= 4 is 11.6 Å². The van der Waals surface area contributed by atoms with E-state index in [0.29, 0.717) is 12.1 Å². The Morgan fingerprint density at radius 1 is 1.29 bits per heavy atom. The van der Waals surface area contributed by atoms with Gasteiger partial charge < -0.3 is 20.1 Å². The first-order valence-corrected chi connectivity index (χ1v) is 9.46. The van der Waals surface area contributed by atoms with Crippen LogP contribution in [0.5, 0.6) is 0 Å². The van der Waals surface area contributed by atoms with Crippen LogP contribution in [0, 0.1) is 17.2 Å². The van der Waals surface area contributed by atoms with E-state index in [4.69, 9.17) is 10.00 Å². The van der Waals surface area contributed by atoms with Gasteiger partial charge in [-0.25, -0.2) is 0 Å². The second kappa shape index (κ2) is 7.63. The molecule has 0 radical (unpaired) electrons. The molecule has 2 aromatic carbocycles. The van der Waals surface area contributed by atoms with Crippen LogP contribution in [0.25, 0.3) is 11.1 Å². The summed E-state index contributed by atoms with van der Waals surface area (Å²) in [7, 11) is 1.53. The molecule has 0 aromatic heterocycles. The number of aliphatic hydroxyl groups is 1. The summed E-state index contributed by atoms with van der Waals surface area (Å²) in [5.41, 5.74) is 4.71. The highest BCUT2D eigenvalue weighted by Crippen LogP contribution is 2.47. The first-order valence-electron chi connectivity index (χ1n) is 9.46. The van der Waals surface area contributed by atoms with E-state index in [9.17, 15) is 9.90 Å². The van der Waals surface area contributed by atoms with Crippen molar-refractivity contribution in [2.45, 2.75) is 18.5 Å². The van der Waals surface area contributed by atoms with Crippen molar-refractivity contribution in [1.82, 2.24) is 4.90 Å². The van der Waals surface area contributed by atoms with E-state index >= 15 is 0 Å². The molecule has 0 unspecified atom stereocenters. The lowest BCUT2D eigenvalue weighted by Crippen LogP contribution is -2.43. The Kier molecular flexibility index (Phi) is 5.03. The average Bonchev–Trinajstić information content (AvgIpc) is 3.19. The Morgan fingerprint density at radius 2 is 2.04 bits per heavy atom.